The number of rotatable bonds is 7. The van der Waals surface area contributed by atoms with Crippen LogP contribution in [0.5, 0.6) is 0 Å². The van der Waals surface area contributed by atoms with E-state index in [4.69, 9.17) is 27.3 Å². The number of hydrogen-bond acceptors (Lipinski definition) is 4. The summed E-state index contributed by atoms with van der Waals surface area (Å²) in [6.45, 7) is -0.280. The molecular weight excluding hydrogens is 264 g/mol. The largest absolute Gasteiger partial charge is 0.342 e. The van der Waals surface area contributed by atoms with Gasteiger partial charge >= 0.3 is 0 Å². The van der Waals surface area contributed by atoms with Gasteiger partial charge in [-0.05, 0) is 7.41 Å². The van der Waals surface area contributed by atoms with Crippen LogP contribution in [0, 0.1) is 0 Å². The molecule has 0 aliphatic carbocycles. The first-order valence-corrected chi connectivity index (χ1v) is 5.16. The predicted octanol–water partition coefficient (Wildman–Crippen LogP) is -0.0197. The summed E-state index contributed by atoms with van der Waals surface area (Å²) in [5, 5.41) is 16.4. The standard InChI is InChI=1S/C5H8B4O4P.Zn/c6-9(7)14(8)3-1-2-5(13-11)4-12-10;/h1-3,8,10-11H,4H2;/i8T;. The Morgan fingerprint density at radius 2 is 2.27 bits per heavy atom. The smallest absolute Gasteiger partial charge is 0.171 e. The third-order valence-corrected chi connectivity index (χ3v) is 2.41. The van der Waals surface area contributed by atoms with Crippen LogP contribution >= 0.6 is 7.68 Å². The van der Waals surface area contributed by atoms with E-state index in [9.17, 15) is 0 Å². The molecule has 1 atom stereocenters. The van der Waals surface area contributed by atoms with Gasteiger partial charge in [0.15, 0.2) is 5.76 Å². The second-order valence-corrected chi connectivity index (χ2v) is 4.07. The van der Waals surface area contributed by atoms with Gasteiger partial charge in [-0.15, -0.1) is 0 Å². The van der Waals surface area contributed by atoms with Crippen molar-refractivity contribution in [2.24, 2.45) is 0 Å². The Bertz CT molecular complexity index is 232. The molecule has 15 heavy (non-hydrogen) atoms. The summed E-state index contributed by atoms with van der Waals surface area (Å²) in [4.78, 5) is 7.63. The molecule has 0 saturated carbocycles. The monoisotopic (exact) mass is 273 g/mol. The van der Waals surface area contributed by atoms with Crippen LogP contribution in [0.25, 0.3) is 0 Å². The van der Waals surface area contributed by atoms with Gasteiger partial charge in [-0.3, -0.25) is 5.26 Å². The van der Waals surface area contributed by atoms with Gasteiger partial charge in [-0.25, -0.2) is 10.1 Å². The molecule has 4 nitrogen and oxygen atoms in total. The average molecular weight is 274 g/mol. The van der Waals surface area contributed by atoms with E-state index in [1.54, 1.807) is 5.82 Å². The van der Waals surface area contributed by atoms with Crippen molar-refractivity contribution < 1.29 is 39.8 Å². The Balaban J connectivity index is 0. The fourth-order valence-electron chi connectivity index (χ4n) is 0.518. The summed E-state index contributed by atoms with van der Waals surface area (Å²) in [6, 6.07) is 0. The van der Waals surface area contributed by atoms with Crippen molar-refractivity contribution >= 4 is 36.9 Å². The minimum atomic E-state index is -1.03. The molecule has 0 bridgehead atoms. The molecule has 0 aliphatic rings. The quantitative estimate of drug-likeness (QED) is 0.171. The molecule has 10 heteroatoms. The van der Waals surface area contributed by atoms with Crippen LogP contribution in [0.4, 0.5) is 0 Å². The molecule has 71 valence electrons. The second kappa shape index (κ2) is 11.0. The van der Waals surface area contributed by atoms with Crippen molar-refractivity contribution in [2.45, 2.75) is 0 Å². The van der Waals surface area contributed by atoms with E-state index in [-0.39, 0.29) is 31.8 Å². The van der Waals surface area contributed by atoms with Crippen LogP contribution in [-0.2, 0) is 29.3 Å². The van der Waals surface area contributed by atoms with Crippen LogP contribution in [0.2, 0.25) is 0 Å². The Kier molecular flexibility index (Phi) is 11.3. The van der Waals surface area contributed by atoms with Gasteiger partial charge in [-0.1, -0.05) is 11.9 Å². The van der Waals surface area contributed by atoms with E-state index in [1.807, 2.05) is 0 Å². The zero-order valence-corrected chi connectivity index (χ0v) is 12.0. The maximum atomic E-state index is 8.31. The zero-order chi connectivity index (χ0) is 11.7. The third kappa shape index (κ3) is 9.40. The average Bonchev–Trinajstić information content (AvgIpc) is 2.22. The summed E-state index contributed by atoms with van der Waals surface area (Å²) in [5.74, 6) is 1.63. The molecule has 0 rings (SSSR count). The van der Waals surface area contributed by atoms with E-state index in [2.05, 4.69) is 9.78 Å². The van der Waals surface area contributed by atoms with E-state index >= 15 is 0 Å². The topological polar surface area (TPSA) is 58.9 Å². The van der Waals surface area contributed by atoms with Crippen LogP contribution in [-0.4, -0.2) is 47.7 Å². The molecule has 0 aromatic carbocycles. The Labute approximate surface area is 108 Å². The molecule has 0 amide bonds. The first kappa shape index (κ1) is 15.5. The van der Waals surface area contributed by atoms with Crippen molar-refractivity contribution in [2.75, 3.05) is 6.61 Å². The molecule has 5 radical (unpaired) electrons. The van der Waals surface area contributed by atoms with Gasteiger partial charge in [0.25, 0.3) is 0 Å². The van der Waals surface area contributed by atoms with Gasteiger partial charge < -0.3 is 4.89 Å². The van der Waals surface area contributed by atoms with E-state index in [0.717, 1.165) is 7.53 Å². The van der Waals surface area contributed by atoms with Crippen LogP contribution < -0.4 is 0 Å². The van der Waals surface area contributed by atoms with Gasteiger partial charge in [-0.2, -0.15) is 7.68 Å². The molecule has 0 aromatic heterocycles. The first-order chi connectivity index (χ1) is 7.15. The summed E-state index contributed by atoms with van der Waals surface area (Å²) in [5.41, 5.74) is 0. The molecule has 0 heterocycles. The zero-order valence-electron chi connectivity index (χ0n) is 9.11. The van der Waals surface area contributed by atoms with Crippen molar-refractivity contribution in [3.05, 3.63) is 23.7 Å². The van der Waals surface area contributed by atoms with E-state index < -0.39 is 13.9 Å². The van der Waals surface area contributed by atoms with Crippen molar-refractivity contribution in [1.82, 2.24) is 0 Å². The fourth-order valence-corrected chi connectivity index (χ4v) is 1.00. The third-order valence-electron chi connectivity index (χ3n) is 1.21. The molecule has 0 fully saturated rings. The fraction of sp³-hybridized carbons (Fsp3) is 0.200. The van der Waals surface area contributed by atoms with Crippen molar-refractivity contribution in [1.29, 1.82) is 1.34 Å². The van der Waals surface area contributed by atoms with Gasteiger partial charge in [0, 0.05) is 35.0 Å². The minimum Gasteiger partial charge on any atom is -0.342 e. The minimum absolute atomic E-state index is 0. The first-order valence-electron chi connectivity index (χ1n) is 4.19. The number of hydrogen-bond donors (Lipinski definition) is 2. The van der Waals surface area contributed by atoms with Gasteiger partial charge in [0.2, 0.25) is 0 Å². The van der Waals surface area contributed by atoms with Gasteiger partial charge in [0.1, 0.15) is 14.1 Å². The summed E-state index contributed by atoms with van der Waals surface area (Å²) >= 11 is 0. The summed E-state index contributed by atoms with van der Waals surface area (Å²) in [7, 11) is 10.9. The van der Waals surface area contributed by atoms with E-state index in [0.29, 0.717) is 0 Å². The summed E-state index contributed by atoms with van der Waals surface area (Å²) < 4.78 is 7.03. The summed E-state index contributed by atoms with van der Waals surface area (Å²) in [6.07, 6.45) is 2.26. The van der Waals surface area contributed by atoms with Crippen LogP contribution in [0.15, 0.2) is 23.7 Å². The normalized spacial score (nSPS) is 14.0. The van der Waals surface area contributed by atoms with Crippen molar-refractivity contribution in [3.8, 4) is 0 Å². The molecule has 0 aromatic rings. The predicted molar refractivity (Wildman–Crippen MR) is 60.8 cm³/mol. The molecule has 0 saturated heterocycles. The van der Waals surface area contributed by atoms with Crippen LogP contribution in [0.1, 0.15) is 0 Å². The Morgan fingerprint density at radius 1 is 1.60 bits per heavy atom. The molecule has 1 unspecified atom stereocenters. The van der Waals surface area contributed by atoms with E-state index in [1.165, 1.54) is 12.2 Å². The second-order valence-electron chi connectivity index (χ2n) is 2.28. The molecule has 0 aliphatic heterocycles. The Hall–Kier alpha value is 0.473. The van der Waals surface area contributed by atoms with Crippen LogP contribution in [0.3, 0.4) is 0 Å². The number of allylic oxidation sites excluding steroid dienone is 2. The Morgan fingerprint density at radius 3 is 2.67 bits per heavy atom. The molecular formula is C5H8B4O4PZn. The molecule has 2 N–H and O–H groups in total. The maximum absolute atomic E-state index is 8.31. The van der Waals surface area contributed by atoms with Crippen molar-refractivity contribution in [3.63, 3.8) is 0 Å². The maximum Gasteiger partial charge on any atom is 0.171 e. The van der Waals surface area contributed by atoms with Gasteiger partial charge in [0.05, 0.1) is 6.21 Å². The SMILES string of the molecule is [3H][B]P(C=CC=C(COO)OO)B([B])[B].[Zn]. The molecule has 0 spiro atoms.